The zero-order chi connectivity index (χ0) is 14.3. The van der Waals surface area contributed by atoms with E-state index in [1.165, 1.54) is 3.97 Å². The molecule has 0 aliphatic rings. The predicted octanol–water partition coefficient (Wildman–Crippen LogP) is 3.95. The highest BCUT2D eigenvalue weighted by molar-refractivity contribution is 9.10. The van der Waals surface area contributed by atoms with Crippen LogP contribution in [0.25, 0.3) is 10.9 Å². The van der Waals surface area contributed by atoms with E-state index in [4.69, 9.17) is 0 Å². The summed E-state index contributed by atoms with van der Waals surface area (Å²) in [7, 11) is -3.57. The molecule has 1 heterocycles. The molecule has 0 N–H and O–H groups in total. The van der Waals surface area contributed by atoms with E-state index in [1.807, 2.05) is 31.2 Å². The molecule has 0 amide bonds. The first kappa shape index (κ1) is 13.4. The Kier molecular flexibility index (Phi) is 3.18. The van der Waals surface area contributed by atoms with Crippen LogP contribution >= 0.6 is 15.9 Å². The van der Waals surface area contributed by atoms with Gasteiger partial charge in [-0.15, -0.1) is 0 Å². The van der Waals surface area contributed by atoms with Crippen molar-refractivity contribution >= 4 is 36.9 Å². The summed E-state index contributed by atoms with van der Waals surface area (Å²) in [5.41, 5.74) is 1.65. The van der Waals surface area contributed by atoms with E-state index in [2.05, 4.69) is 15.9 Å². The third-order valence-corrected chi connectivity index (χ3v) is 5.46. The summed E-state index contributed by atoms with van der Waals surface area (Å²) in [6.07, 6.45) is 1.67. The number of aromatic nitrogens is 1. The molecular formula is C15H12BrNO2S. The Morgan fingerprint density at radius 1 is 1.00 bits per heavy atom. The normalized spacial score (nSPS) is 11.9. The van der Waals surface area contributed by atoms with Crippen molar-refractivity contribution in [2.45, 2.75) is 11.8 Å². The minimum absolute atomic E-state index is 0.279. The van der Waals surface area contributed by atoms with E-state index in [9.17, 15) is 8.42 Å². The molecule has 102 valence electrons. The molecule has 0 aliphatic heterocycles. The first-order valence-electron chi connectivity index (χ1n) is 6.08. The Bertz CT molecular complexity index is 880. The maximum absolute atomic E-state index is 12.7. The monoisotopic (exact) mass is 349 g/mol. The molecule has 0 radical (unpaired) electrons. The van der Waals surface area contributed by atoms with Crippen LogP contribution in [0, 0.1) is 6.92 Å². The van der Waals surface area contributed by atoms with Gasteiger partial charge >= 0.3 is 0 Å². The number of fused-ring (bicyclic) bond motifs is 1. The molecule has 0 aliphatic carbocycles. The summed E-state index contributed by atoms with van der Waals surface area (Å²) >= 11 is 3.31. The number of para-hydroxylation sites is 1. The summed E-state index contributed by atoms with van der Waals surface area (Å²) in [4.78, 5) is 0.279. The zero-order valence-electron chi connectivity index (χ0n) is 10.7. The van der Waals surface area contributed by atoms with Gasteiger partial charge in [0.15, 0.2) is 0 Å². The predicted molar refractivity (Wildman–Crippen MR) is 83.4 cm³/mol. The molecule has 0 saturated carbocycles. The molecule has 20 heavy (non-hydrogen) atoms. The lowest BCUT2D eigenvalue weighted by Gasteiger charge is -2.07. The number of rotatable bonds is 2. The number of hydrogen-bond donors (Lipinski definition) is 0. The highest BCUT2D eigenvalue weighted by Crippen LogP contribution is 2.25. The second kappa shape index (κ2) is 4.75. The van der Waals surface area contributed by atoms with E-state index in [1.54, 1.807) is 30.5 Å². The molecular weight excluding hydrogens is 338 g/mol. The number of aryl methyl sites for hydroxylation is 1. The Morgan fingerprint density at radius 2 is 1.65 bits per heavy atom. The van der Waals surface area contributed by atoms with E-state index in [0.29, 0.717) is 5.52 Å². The largest absolute Gasteiger partial charge is 0.268 e. The number of benzene rings is 2. The van der Waals surface area contributed by atoms with Crippen molar-refractivity contribution in [3.63, 3.8) is 0 Å². The van der Waals surface area contributed by atoms with Crippen LogP contribution in [0.3, 0.4) is 0 Å². The van der Waals surface area contributed by atoms with Gasteiger partial charge in [0.25, 0.3) is 10.0 Å². The van der Waals surface area contributed by atoms with Crippen LogP contribution in [-0.4, -0.2) is 12.4 Å². The summed E-state index contributed by atoms with van der Waals surface area (Å²) in [5.74, 6) is 0. The molecule has 3 aromatic rings. The summed E-state index contributed by atoms with van der Waals surface area (Å²) < 4.78 is 27.6. The Hall–Kier alpha value is -1.59. The molecule has 1 aromatic heterocycles. The van der Waals surface area contributed by atoms with Crippen molar-refractivity contribution in [3.8, 4) is 0 Å². The SMILES string of the molecule is Cc1cn(S(=O)(=O)c2ccc(Br)cc2)c2ccccc12. The quantitative estimate of drug-likeness (QED) is 0.702. The van der Waals surface area contributed by atoms with Gasteiger partial charge in [-0.2, -0.15) is 0 Å². The highest BCUT2D eigenvalue weighted by atomic mass is 79.9. The number of hydrogen-bond acceptors (Lipinski definition) is 2. The van der Waals surface area contributed by atoms with Crippen molar-refractivity contribution in [3.05, 3.63) is 64.8 Å². The van der Waals surface area contributed by atoms with Crippen molar-refractivity contribution in [2.75, 3.05) is 0 Å². The van der Waals surface area contributed by atoms with Gasteiger partial charge in [0.1, 0.15) is 0 Å². The third kappa shape index (κ3) is 2.07. The van der Waals surface area contributed by atoms with Crippen LogP contribution in [0.15, 0.2) is 64.1 Å². The van der Waals surface area contributed by atoms with Gasteiger partial charge < -0.3 is 0 Å². The third-order valence-electron chi connectivity index (χ3n) is 3.25. The fraction of sp³-hybridized carbons (Fsp3) is 0.0667. The van der Waals surface area contributed by atoms with Gasteiger partial charge in [0.05, 0.1) is 10.4 Å². The van der Waals surface area contributed by atoms with Crippen LogP contribution in [0.1, 0.15) is 5.56 Å². The van der Waals surface area contributed by atoms with E-state index >= 15 is 0 Å². The molecule has 2 aromatic carbocycles. The van der Waals surface area contributed by atoms with E-state index in [0.717, 1.165) is 15.4 Å². The minimum Gasteiger partial charge on any atom is -0.241 e. The lowest BCUT2D eigenvalue weighted by atomic mass is 10.2. The van der Waals surface area contributed by atoms with E-state index in [-0.39, 0.29) is 4.90 Å². The van der Waals surface area contributed by atoms with Crippen LogP contribution in [0.5, 0.6) is 0 Å². The Labute approximate surface area is 126 Å². The van der Waals surface area contributed by atoms with Crippen LogP contribution < -0.4 is 0 Å². The van der Waals surface area contributed by atoms with Crippen LogP contribution in [0.4, 0.5) is 0 Å². The maximum atomic E-state index is 12.7. The van der Waals surface area contributed by atoms with E-state index < -0.39 is 10.0 Å². The second-order valence-electron chi connectivity index (χ2n) is 4.58. The zero-order valence-corrected chi connectivity index (χ0v) is 13.1. The molecule has 0 bridgehead atoms. The molecule has 3 rings (SSSR count). The van der Waals surface area contributed by atoms with Crippen molar-refractivity contribution in [2.24, 2.45) is 0 Å². The first-order chi connectivity index (χ1) is 9.50. The Morgan fingerprint density at radius 3 is 2.35 bits per heavy atom. The minimum atomic E-state index is -3.57. The summed E-state index contributed by atoms with van der Waals surface area (Å²) in [6, 6.07) is 14.2. The van der Waals surface area contributed by atoms with Crippen molar-refractivity contribution in [1.82, 2.24) is 3.97 Å². The number of nitrogens with zero attached hydrogens (tertiary/aromatic N) is 1. The average Bonchev–Trinajstić information content (AvgIpc) is 2.78. The molecule has 0 atom stereocenters. The van der Waals surface area contributed by atoms with Gasteiger partial charge in [0.2, 0.25) is 0 Å². The fourth-order valence-electron chi connectivity index (χ4n) is 2.23. The van der Waals surface area contributed by atoms with Gasteiger partial charge in [0, 0.05) is 16.1 Å². The van der Waals surface area contributed by atoms with Gasteiger partial charge in [-0.05, 0) is 42.8 Å². The van der Waals surface area contributed by atoms with Gasteiger partial charge in [-0.25, -0.2) is 12.4 Å². The second-order valence-corrected chi connectivity index (χ2v) is 7.31. The topological polar surface area (TPSA) is 39.1 Å². The van der Waals surface area contributed by atoms with Crippen molar-refractivity contribution in [1.29, 1.82) is 0 Å². The highest BCUT2D eigenvalue weighted by Gasteiger charge is 2.19. The van der Waals surface area contributed by atoms with Crippen molar-refractivity contribution < 1.29 is 8.42 Å². The van der Waals surface area contributed by atoms with Gasteiger partial charge in [-0.3, -0.25) is 0 Å². The first-order valence-corrected chi connectivity index (χ1v) is 8.31. The lowest BCUT2D eigenvalue weighted by Crippen LogP contribution is -2.11. The Balaban J connectivity index is 2.27. The fourth-order valence-corrected chi connectivity index (χ4v) is 3.92. The average molecular weight is 350 g/mol. The summed E-state index contributed by atoms with van der Waals surface area (Å²) in [6.45, 7) is 1.91. The summed E-state index contributed by atoms with van der Waals surface area (Å²) in [5, 5.41) is 0.952. The molecule has 0 fully saturated rings. The maximum Gasteiger partial charge on any atom is 0.268 e. The van der Waals surface area contributed by atoms with Crippen LogP contribution in [0.2, 0.25) is 0 Å². The molecule has 3 nitrogen and oxygen atoms in total. The molecule has 5 heteroatoms. The molecule has 0 spiro atoms. The molecule has 0 saturated heterocycles. The smallest absolute Gasteiger partial charge is 0.241 e. The lowest BCUT2D eigenvalue weighted by molar-refractivity contribution is 0.589. The molecule has 0 unspecified atom stereocenters. The standard InChI is InChI=1S/C15H12BrNO2S/c1-11-10-17(15-5-3-2-4-14(11)15)20(18,19)13-8-6-12(16)7-9-13/h2-10H,1H3. The van der Waals surface area contributed by atoms with Gasteiger partial charge in [-0.1, -0.05) is 34.1 Å². The number of halogens is 1. The van der Waals surface area contributed by atoms with Crippen LogP contribution in [-0.2, 0) is 10.0 Å².